The van der Waals surface area contributed by atoms with E-state index in [2.05, 4.69) is 10.2 Å². The van der Waals surface area contributed by atoms with Crippen LogP contribution >= 0.6 is 0 Å². The van der Waals surface area contributed by atoms with Crippen molar-refractivity contribution in [1.82, 2.24) is 10.2 Å². The summed E-state index contributed by atoms with van der Waals surface area (Å²) in [6.45, 7) is 4.31. The molecule has 6 nitrogen and oxygen atoms in total. The lowest BCUT2D eigenvalue weighted by Gasteiger charge is -2.33. The van der Waals surface area contributed by atoms with Crippen molar-refractivity contribution in [1.29, 1.82) is 0 Å². The monoisotopic (exact) mass is 335 g/mol. The highest BCUT2D eigenvalue weighted by Gasteiger charge is 2.30. The van der Waals surface area contributed by atoms with Crippen LogP contribution in [0.2, 0.25) is 0 Å². The zero-order valence-corrected chi connectivity index (χ0v) is 13.9. The number of fused-ring (bicyclic) bond motifs is 2. The summed E-state index contributed by atoms with van der Waals surface area (Å²) in [5.74, 6) is 0.417. The highest BCUT2D eigenvalue weighted by Crippen LogP contribution is 2.35. The van der Waals surface area contributed by atoms with Gasteiger partial charge in [-0.3, -0.25) is 14.5 Å². The molecule has 126 valence electrons. The van der Waals surface area contributed by atoms with Crippen molar-refractivity contribution >= 4 is 22.4 Å². The van der Waals surface area contributed by atoms with Crippen LogP contribution in [0, 0.1) is 6.92 Å². The predicted molar refractivity (Wildman–Crippen MR) is 95.3 cm³/mol. The summed E-state index contributed by atoms with van der Waals surface area (Å²) in [4.78, 5) is 26.9. The van der Waals surface area contributed by atoms with Crippen molar-refractivity contribution in [3.05, 3.63) is 64.1 Å². The van der Waals surface area contributed by atoms with E-state index in [-0.39, 0.29) is 23.3 Å². The first-order chi connectivity index (χ1) is 12.0. The van der Waals surface area contributed by atoms with Crippen LogP contribution in [0.5, 0.6) is 5.75 Å². The highest BCUT2D eigenvalue weighted by atomic mass is 16.5. The van der Waals surface area contributed by atoms with Gasteiger partial charge in [0.2, 0.25) is 0 Å². The lowest BCUT2D eigenvalue weighted by Crippen LogP contribution is -2.43. The Morgan fingerprint density at radius 2 is 2.00 bits per heavy atom. The van der Waals surface area contributed by atoms with E-state index < -0.39 is 0 Å². The zero-order valence-electron chi connectivity index (χ0n) is 13.9. The second-order valence-electron chi connectivity index (χ2n) is 6.26. The molecule has 1 unspecified atom stereocenters. The third-order valence-corrected chi connectivity index (χ3v) is 4.32. The van der Waals surface area contributed by atoms with Crippen LogP contribution in [0.3, 0.4) is 0 Å². The van der Waals surface area contributed by atoms with Crippen molar-refractivity contribution in [2.75, 3.05) is 11.4 Å². The number of carbonyl (C=O) groups excluding carboxylic acids is 1. The molecule has 0 bridgehead atoms. The van der Waals surface area contributed by atoms with Gasteiger partial charge < -0.3 is 4.74 Å². The van der Waals surface area contributed by atoms with Crippen molar-refractivity contribution < 1.29 is 9.53 Å². The lowest BCUT2D eigenvalue weighted by atomic mass is 10.1. The highest BCUT2D eigenvalue weighted by molar-refractivity contribution is 6.13. The van der Waals surface area contributed by atoms with E-state index in [0.29, 0.717) is 23.1 Å². The molecule has 0 fully saturated rings. The number of nitrogens with one attached hydrogen (secondary N) is 1. The van der Waals surface area contributed by atoms with E-state index >= 15 is 0 Å². The van der Waals surface area contributed by atoms with Crippen LogP contribution in [-0.2, 0) is 0 Å². The van der Waals surface area contributed by atoms with Gasteiger partial charge in [0.15, 0.2) is 5.69 Å². The number of nitrogens with zero attached hydrogens (tertiary/aromatic N) is 2. The van der Waals surface area contributed by atoms with Crippen LogP contribution < -0.4 is 15.2 Å². The first-order valence-electron chi connectivity index (χ1n) is 8.11. The molecule has 2 aromatic carbocycles. The van der Waals surface area contributed by atoms with Crippen LogP contribution in [0.4, 0.5) is 5.69 Å². The summed E-state index contributed by atoms with van der Waals surface area (Å²) in [7, 11) is 0. The van der Waals surface area contributed by atoms with Gasteiger partial charge in [-0.25, -0.2) is 5.10 Å². The number of aromatic nitrogens is 2. The summed E-state index contributed by atoms with van der Waals surface area (Å²) < 4.78 is 5.84. The molecule has 0 saturated heterocycles. The van der Waals surface area contributed by atoms with E-state index in [1.165, 1.54) is 0 Å². The van der Waals surface area contributed by atoms with Crippen LogP contribution in [-0.4, -0.2) is 28.8 Å². The number of hydrogen-bond acceptors (Lipinski definition) is 4. The quantitative estimate of drug-likeness (QED) is 0.742. The Labute approximate surface area is 144 Å². The number of aryl methyl sites for hydroxylation is 1. The van der Waals surface area contributed by atoms with Crippen LogP contribution in [0.25, 0.3) is 10.8 Å². The molecule has 1 aliphatic rings. The van der Waals surface area contributed by atoms with Gasteiger partial charge >= 0.3 is 0 Å². The van der Waals surface area contributed by atoms with E-state index in [0.717, 1.165) is 11.3 Å². The van der Waals surface area contributed by atoms with E-state index in [9.17, 15) is 9.59 Å². The van der Waals surface area contributed by atoms with Crippen molar-refractivity contribution in [2.24, 2.45) is 0 Å². The van der Waals surface area contributed by atoms with Gasteiger partial charge in [-0.1, -0.05) is 24.3 Å². The summed E-state index contributed by atoms with van der Waals surface area (Å²) in [5.41, 5.74) is 1.68. The number of benzene rings is 2. The summed E-state index contributed by atoms with van der Waals surface area (Å²) >= 11 is 0. The molecule has 2 heterocycles. The number of H-pyrrole nitrogens is 1. The van der Waals surface area contributed by atoms with Gasteiger partial charge in [-0.2, -0.15) is 5.10 Å². The fourth-order valence-corrected chi connectivity index (χ4v) is 3.15. The number of anilines is 1. The molecule has 0 saturated carbocycles. The minimum absolute atomic E-state index is 0.131. The lowest BCUT2D eigenvalue weighted by molar-refractivity contribution is 0.0957. The molecule has 0 spiro atoms. The summed E-state index contributed by atoms with van der Waals surface area (Å²) in [6, 6.07) is 12.7. The van der Waals surface area contributed by atoms with Gasteiger partial charge in [-0.15, -0.1) is 0 Å². The number of hydrogen-bond donors (Lipinski definition) is 1. The Kier molecular flexibility index (Phi) is 3.53. The molecule has 1 N–H and O–H groups in total. The molecule has 1 amide bonds. The second kappa shape index (κ2) is 5.73. The second-order valence-corrected chi connectivity index (χ2v) is 6.26. The Bertz CT molecular complexity index is 1040. The zero-order chi connectivity index (χ0) is 17.6. The smallest absolute Gasteiger partial charge is 0.279 e. The van der Waals surface area contributed by atoms with E-state index in [4.69, 9.17) is 4.74 Å². The standard InChI is InChI=1S/C19H17N3O3/c1-11-7-8-16-15(9-11)22(10-12(2)25-16)19(24)17-13-5-3-4-6-14(13)18(23)21-20-17/h3-9,12H,10H2,1-2H3,(H,21,23). The molecule has 4 rings (SSSR count). The van der Waals surface area contributed by atoms with Gasteiger partial charge in [0.05, 0.1) is 17.6 Å². The molecular formula is C19H17N3O3. The molecule has 1 aromatic heterocycles. The SMILES string of the molecule is Cc1ccc2c(c1)N(C(=O)c1n[nH]c(=O)c3ccccc13)CC(C)O2. The molecular weight excluding hydrogens is 318 g/mol. The maximum absolute atomic E-state index is 13.2. The molecule has 25 heavy (non-hydrogen) atoms. The maximum Gasteiger partial charge on any atom is 0.279 e. The van der Waals surface area contributed by atoms with Gasteiger partial charge in [-0.05, 0) is 37.6 Å². The Hall–Kier alpha value is -3.15. The molecule has 0 aliphatic carbocycles. The molecule has 1 atom stereocenters. The van der Waals surface area contributed by atoms with Gasteiger partial charge in [0.25, 0.3) is 11.5 Å². The number of amides is 1. The van der Waals surface area contributed by atoms with Crippen molar-refractivity contribution in [2.45, 2.75) is 20.0 Å². The molecule has 0 radical (unpaired) electrons. The fourth-order valence-electron chi connectivity index (χ4n) is 3.15. The first kappa shape index (κ1) is 15.4. The minimum atomic E-state index is -0.307. The number of ether oxygens (including phenoxy) is 1. The predicted octanol–water partition coefficient (Wildman–Crippen LogP) is 2.66. The Morgan fingerprint density at radius 1 is 1.24 bits per heavy atom. The van der Waals surface area contributed by atoms with Crippen LogP contribution in [0.1, 0.15) is 23.0 Å². The summed E-state index contributed by atoms with van der Waals surface area (Å²) in [6.07, 6.45) is -0.131. The topological polar surface area (TPSA) is 75.3 Å². The third-order valence-electron chi connectivity index (χ3n) is 4.32. The first-order valence-corrected chi connectivity index (χ1v) is 8.11. The largest absolute Gasteiger partial charge is 0.487 e. The van der Waals surface area contributed by atoms with Gasteiger partial charge in [0.1, 0.15) is 11.9 Å². The Balaban J connectivity index is 1.87. The number of rotatable bonds is 1. The van der Waals surface area contributed by atoms with Gasteiger partial charge in [0, 0.05) is 5.39 Å². The Morgan fingerprint density at radius 3 is 2.80 bits per heavy atom. The minimum Gasteiger partial charge on any atom is -0.487 e. The molecule has 6 heteroatoms. The van der Waals surface area contributed by atoms with Crippen LogP contribution in [0.15, 0.2) is 47.3 Å². The summed E-state index contributed by atoms with van der Waals surface area (Å²) in [5, 5.41) is 7.45. The molecule has 3 aromatic rings. The van der Waals surface area contributed by atoms with Crippen molar-refractivity contribution in [3.63, 3.8) is 0 Å². The number of aromatic amines is 1. The maximum atomic E-state index is 13.2. The third kappa shape index (κ3) is 2.55. The average molecular weight is 335 g/mol. The average Bonchev–Trinajstić information content (AvgIpc) is 2.61. The fraction of sp³-hybridized carbons (Fsp3) is 0.211. The van der Waals surface area contributed by atoms with E-state index in [1.807, 2.05) is 32.0 Å². The normalized spacial score (nSPS) is 16.4. The van der Waals surface area contributed by atoms with E-state index in [1.54, 1.807) is 29.2 Å². The molecule has 1 aliphatic heterocycles. The number of carbonyl (C=O) groups is 1. The van der Waals surface area contributed by atoms with Crippen molar-refractivity contribution in [3.8, 4) is 5.75 Å².